The second kappa shape index (κ2) is 6.29. The molecule has 0 aliphatic carbocycles. The molecule has 4 aromatic rings. The van der Waals surface area contributed by atoms with Crippen LogP contribution in [0.3, 0.4) is 0 Å². The Morgan fingerprint density at radius 1 is 0.960 bits per heavy atom. The van der Waals surface area contributed by atoms with Gasteiger partial charge in [-0.2, -0.15) is 0 Å². The van der Waals surface area contributed by atoms with Crippen molar-refractivity contribution in [2.24, 2.45) is 0 Å². The van der Waals surface area contributed by atoms with Crippen LogP contribution in [0.1, 0.15) is 11.1 Å². The van der Waals surface area contributed by atoms with Crippen molar-refractivity contribution in [3.63, 3.8) is 0 Å². The Kier molecular flexibility index (Phi) is 3.82. The van der Waals surface area contributed by atoms with Gasteiger partial charge in [-0.15, -0.1) is 0 Å². The number of aromatic nitrogens is 3. The second-order valence-corrected chi connectivity index (χ2v) is 5.93. The van der Waals surface area contributed by atoms with E-state index < -0.39 is 0 Å². The monoisotopic (exact) mass is 323 g/mol. The molecule has 3 heteroatoms. The number of hydrogen-bond acceptors (Lipinski definition) is 3. The molecule has 0 saturated heterocycles. The Hall–Kier alpha value is -3.33. The van der Waals surface area contributed by atoms with E-state index in [-0.39, 0.29) is 0 Å². The highest BCUT2D eigenvalue weighted by Crippen LogP contribution is 2.25. The van der Waals surface area contributed by atoms with Gasteiger partial charge >= 0.3 is 0 Å². The zero-order valence-electron chi connectivity index (χ0n) is 14.0. The first-order chi connectivity index (χ1) is 12.3. The molecule has 25 heavy (non-hydrogen) atoms. The number of hydrogen-bond donors (Lipinski definition) is 0. The summed E-state index contributed by atoms with van der Waals surface area (Å²) < 4.78 is 0. The minimum absolute atomic E-state index is 0.824. The van der Waals surface area contributed by atoms with Gasteiger partial charge in [-0.3, -0.25) is 9.97 Å². The maximum atomic E-state index is 4.88. The number of aryl methyl sites for hydroxylation is 1. The largest absolute Gasteiger partial charge is 0.256 e. The Labute approximate surface area is 146 Å². The molecule has 120 valence electrons. The van der Waals surface area contributed by atoms with Crippen LogP contribution in [0.2, 0.25) is 0 Å². The minimum Gasteiger partial charge on any atom is -0.256 e. The molecule has 0 aliphatic heterocycles. The molecule has 2 heterocycles. The highest BCUT2D eigenvalue weighted by atomic mass is 14.8. The van der Waals surface area contributed by atoms with E-state index >= 15 is 0 Å². The van der Waals surface area contributed by atoms with E-state index in [1.54, 1.807) is 6.08 Å². The van der Waals surface area contributed by atoms with Crippen LogP contribution in [0, 0.1) is 6.92 Å². The molecule has 0 atom stereocenters. The lowest BCUT2D eigenvalue weighted by molar-refractivity contribution is 1.27. The van der Waals surface area contributed by atoms with Crippen LogP contribution in [0.4, 0.5) is 0 Å². The van der Waals surface area contributed by atoms with E-state index in [0.29, 0.717) is 0 Å². The molecule has 0 saturated carbocycles. The van der Waals surface area contributed by atoms with Gasteiger partial charge in [0.05, 0.1) is 28.4 Å². The predicted octanol–water partition coefficient (Wildman–Crippen LogP) is 5.35. The molecule has 2 aromatic carbocycles. The smallest absolute Gasteiger partial charge is 0.0969 e. The number of benzene rings is 2. The van der Waals surface area contributed by atoms with Gasteiger partial charge in [0.25, 0.3) is 0 Å². The van der Waals surface area contributed by atoms with E-state index in [0.717, 1.165) is 44.3 Å². The lowest BCUT2D eigenvalue weighted by Gasteiger charge is -2.08. The van der Waals surface area contributed by atoms with Gasteiger partial charge in [0.15, 0.2) is 0 Å². The summed E-state index contributed by atoms with van der Waals surface area (Å²) in [6, 6.07) is 14.2. The van der Waals surface area contributed by atoms with E-state index in [1.807, 2.05) is 48.8 Å². The molecule has 2 aromatic heterocycles. The van der Waals surface area contributed by atoms with Gasteiger partial charge < -0.3 is 0 Å². The highest BCUT2D eigenvalue weighted by Gasteiger charge is 2.08. The van der Waals surface area contributed by atoms with Crippen LogP contribution in [-0.4, -0.2) is 15.0 Å². The molecule has 0 bridgehead atoms. The Morgan fingerprint density at radius 3 is 2.68 bits per heavy atom. The number of nitrogens with zero attached hydrogens (tertiary/aromatic N) is 3. The SMILES string of the molecule is C=C/C=C\c1c(C)ccc2ncc(-c3cnc4ccccc4c3)nc12. The summed E-state index contributed by atoms with van der Waals surface area (Å²) in [5.41, 5.74) is 6.77. The van der Waals surface area contributed by atoms with Gasteiger partial charge in [-0.25, -0.2) is 4.98 Å². The molecule has 3 nitrogen and oxygen atoms in total. The molecule has 0 unspecified atom stereocenters. The van der Waals surface area contributed by atoms with Crippen molar-refractivity contribution in [1.29, 1.82) is 0 Å². The normalized spacial score (nSPS) is 11.4. The second-order valence-electron chi connectivity index (χ2n) is 5.93. The van der Waals surface area contributed by atoms with E-state index in [1.165, 1.54) is 0 Å². The summed E-state index contributed by atoms with van der Waals surface area (Å²) in [5.74, 6) is 0. The fraction of sp³-hybridized carbons (Fsp3) is 0.0455. The summed E-state index contributed by atoms with van der Waals surface area (Å²) >= 11 is 0. The van der Waals surface area contributed by atoms with Crippen molar-refractivity contribution in [1.82, 2.24) is 15.0 Å². The van der Waals surface area contributed by atoms with Gasteiger partial charge in [0, 0.05) is 22.7 Å². The van der Waals surface area contributed by atoms with Gasteiger partial charge in [0.2, 0.25) is 0 Å². The molecule has 0 spiro atoms. The molecular formula is C22H17N3. The van der Waals surface area contributed by atoms with Crippen molar-refractivity contribution >= 4 is 28.0 Å². The van der Waals surface area contributed by atoms with Crippen LogP contribution in [0.5, 0.6) is 0 Å². The number of allylic oxidation sites excluding steroid dienone is 2. The number of pyridine rings is 1. The summed E-state index contributed by atoms with van der Waals surface area (Å²) in [5, 5.41) is 1.10. The number of fused-ring (bicyclic) bond motifs is 2. The fourth-order valence-corrected chi connectivity index (χ4v) is 2.92. The first kappa shape index (κ1) is 15.2. The fourth-order valence-electron chi connectivity index (χ4n) is 2.92. The van der Waals surface area contributed by atoms with Crippen molar-refractivity contribution in [3.05, 3.63) is 84.7 Å². The van der Waals surface area contributed by atoms with Gasteiger partial charge in [-0.1, -0.05) is 49.1 Å². The Bertz CT molecular complexity index is 1130. The van der Waals surface area contributed by atoms with E-state index in [2.05, 4.69) is 41.7 Å². The first-order valence-corrected chi connectivity index (χ1v) is 8.17. The maximum Gasteiger partial charge on any atom is 0.0969 e. The Morgan fingerprint density at radius 2 is 1.80 bits per heavy atom. The van der Waals surface area contributed by atoms with Crippen molar-refractivity contribution < 1.29 is 0 Å². The zero-order chi connectivity index (χ0) is 17.2. The number of para-hydroxylation sites is 1. The van der Waals surface area contributed by atoms with Crippen molar-refractivity contribution in [2.75, 3.05) is 0 Å². The third kappa shape index (κ3) is 2.81. The van der Waals surface area contributed by atoms with Gasteiger partial charge in [-0.05, 0) is 30.7 Å². The topological polar surface area (TPSA) is 38.7 Å². The predicted molar refractivity (Wildman–Crippen MR) is 104 cm³/mol. The van der Waals surface area contributed by atoms with Crippen LogP contribution in [0.15, 0.2) is 73.6 Å². The summed E-state index contributed by atoms with van der Waals surface area (Å²) in [4.78, 5) is 14.0. The zero-order valence-corrected chi connectivity index (χ0v) is 14.0. The van der Waals surface area contributed by atoms with Crippen LogP contribution in [-0.2, 0) is 0 Å². The average Bonchev–Trinajstić information content (AvgIpc) is 2.66. The lowest BCUT2D eigenvalue weighted by Crippen LogP contribution is -1.94. The molecule has 4 rings (SSSR count). The standard InChI is InChI=1S/C22H17N3/c1-3-4-8-18-15(2)10-11-20-22(18)25-21(14-24-20)17-12-16-7-5-6-9-19(16)23-13-17/h3-14H,1H2,2H3/b8-4-. The third-order valence-corrected chi connectivity index (χ3v) is 4.26. The van der Waals surface area contributed by atoms with Crippen molar-refractivity contribution in [3.8, 4) is 11.3 Å². The molecule has 0 radical (unpaired) electrons. The number of rotatable bonds is 3. The summed E-state index contributed by atoms with van der Waals surface area (Å²) in [7, 11) is 0. The molecule has 0 N–H and O–H groups in total. The summed E-state index contributed by atoms with van der Waals surface area (Å²) in [6.07, 6.45) is 9.38. The van der Waals surface area contributed by atoms with Gasteiger partial charge in [0.1, 0.15) is 0 Å². The quantitative estimate of drug-likeness (QED) is 0.477. The molecule has 0 fully saturated rings. The van der Waals surface area contributed by atoms with Crippen molar-refractivity contribution in [2.45, 2.75) is 6.92 Å². The summed E-state index contributed by atoms with van der Waals surface area (Å²) in [6.45, 7) is 5.83. The lowest BCUT2D eigenvalue weighted by atomic mass is 10.0. The minimum atomic E-state index is 0.824. The van der Waals surface area contributed by atoms with E-state index in [4.69, 9.17) is 4.98 Å². The highest BCUT2D eigenvalue weighted by molar-refractivity contribution is 5.88. The third-order valence-electron chi connectivity index (χ3n) is 4.26. The first-order valence-electron chi connectivity index (χ1n) is 8.17. The van der Waals surface area contributed by atoms with Crippen LogP contribution < -0.4 is 0 Å². The van der Waals surface area contributed by atoms with Crippen LogP contribution >= 0.6 is 0 Å². The molecule has 0 amide bonds. The molecular weight excluding hydrogens is 306 g/mol. The molecule has 0 aliphatic rings. The van der Waals surface area contributed by atoms with Crippen LogP contribution in [0.25, 0.3) is 39.3 Å². The Balaban J connectivity index is 1.92. The average molecular weight is 323 g/mol. The van der Waals surface area contributed by atoms with E-state index in [9.17, 15) is 0 Å². The maximum absolute atomic E-state index is 4.88.